The van der Waals surface area contributed by atoms with Gasteiger partial charge in [0.05, 0.1) is 19.0 Å². The average Bonchev–Trinajstić information content (AvgIpc) is 3.15. The Morgan fingerprint density at radius 3 is 2.67 bits per heavy atom. The number of ether oxygens (including phenoxy) is 2. The van der Waals surface area contributed by atoms with E-state index in [0.717, 1.165) is 21.6 Å². The molecule has 1 aromatic heterocycles. The van der Waals surface area contributed by atoms with Crippen LogP contribution in [-0.2, 0) is 4.79 Å². The highest BCUT2D eigenvalue weighted by atomic mass is 79.9. The first-order valence-electron chi connectivity index (χ1n) is 8.18. The van der Waals surface area contributed by atoms with E-state index >= 15 is 0 Å². The molecule has 0 aliphatic rings. The Hall–Kier alpha value is -3.06. The fourth-order valence-corrected chi connectivity index (χ4v) is 2.77. The Bertz CT molecular complexity index is 936. The summed E-state index contributed by atoms with van der Waals surface area (Å²) >= 11 is 3.46. The molecule has 0 saturated heterocycles. The van der Waals surface area contributed by atoms with E-state index in [9.17, 15) is 4.79 Å². The minimum Gasteiger partial charge on any atom is -0.497 e. The van der Waals surface area contributed by atoms with Gasteiger partial charge in [0.15, 0.2) is 6.61 Å². The lowest BCUT2D eigenvalue weighted by Crippen LogP contribution is -2.24. The van der Waals surface area contributed by atoms with Gasteiger partial charge < -0.3 is 14.0 Å². The first-order chi connectivity index (χ1) is 13.2. The van der Waals surface area contributed by atoms with Crippen molar-refractivity contribution in [3.8, 4) is 17.2 Å². The molecule has 0 aliphatic carbocycles. The van der Waals surface area contributed by atoms with Crippen molar-refractivity contribution >= 4 is 28.1 Å². The summed E-state index contributed by atoms with van der Waals surface area (Å²) in [6.45, 7) is -0.129. The van der Waals surface area contributed by atoms with Crippen LogP contribution < -0.4 is 14.9 Å². The lowest BCUT2D eigenvalue weighted by Gasteiger charge is -2.07. The molecule has 1 heterocycles. The number of halogens is 1. The van der Waals surface area contributed by atoms with Crippen LogP contribution in [0.25, 0.3) is 5.69 Å². The first kappa shape index (κ1) is 18.7. The number of nitrogens with zero attached hydrogens (tertiary/aromatic N) is 2. The maximum Gasteiger partial charge on any atom is 0.277 e. The van der Waals surface area contributed by atoms with Gasteiger partial charge in [-0.25, -0.2) is 5.43 Å². The second-order valence-electron chi connectivity index (χ2n) is 5.54. The van der Waals surface area contributed by atoms with E-state index < -0.39 is 0 Å². The van der Waals surface area contributed by atoms with E-state index in [1.807, 2.05) is 47.2 Å². The molecule has 1 N–H and O–H groups in total. The number of amides is 1. The monoisotopic (exact) mass is 427 g/mol. The predicted molar refractivity (Wildman–Crippen MR) is 108 cm³/mol. The SMILES string of the molecule is COc1ccc(OCC(=O)N/N=C/c2cccn2-c2cccc(Br)c2)cc1. The summed E-state index contributed by atoms with van der Waals surface area (Å²) in [5.74, 6) is 0.964. The number of aromatic nitrogens is 1. The number of hydrazone groups is 1. The van der Waals surface area contributed by atoms with Gasteiger partial charge in [-0.1, -0.05) is 22.0 Å². The highest BCUT2D eigenvalue weighted by molar-refractivity contribution is 9.10. The molecule has 0 fully saturated rings. The lowest BCUT2D eigenvalue weighted by molar-refractivity contribution is -0.123. The number of hydrogen-bond acceptors (Lipinski definition) is 4. The van der Waals surface area contributed by atoms with Crippen LogP contribution in [0.3, 0.4) is 0 Å². The summed E-state index contributed by atoms with van der Waals surface area (Å²) in [6.07, 6.45) is 3.52. The van der Waals surface area contributed by atoms with Crippen LogP contribution in [0.1, 0.15) is 5.69 Å². The molecule has 7 heteroatoms. The zero-order valence-electron chi connectivity index (χ0n) is 14.6. The molecule has 2 aromatic carbocycles. The van der Waals surface area contributed by atoms with Crippen LogP contribution in [-0.4, -0.2) is 30.4 Å². The Labute approximate surface area is 165 Å². The van der Waals surface area contributed by atoms with E-state index in [1.54, 1.807) is 37.6 Å². The van der Waals surface area contributed by atoms with Crippen molar-refractivity contribution in [2.45, 2.75) is 0 Å². The summed E-state index contributed by atoms with van der Waals surface area (Å²) in [4.78, 5) is 11.9. The Kier molecular flexibility index (Phi) is 6.27. The number of carbonyl (C=O) groups is 1. The number of nitrogens with one attached hydrogen (secondary N) is 1. The third kappa shape index (κ3) is 5.21. The maximum atomic E-state index is 11.9. The molecule has 3 aromatic rings. The third-order valence-electron chi connectivity index (χ3n) is 3.68. The van der Waals surface area contributed by atoms with Crippen LogP contribution in [0.5, 0.6) is 11.5 Å². The Morgan fingerprint density at radius 2 is 1.93 bits per heavy atom. The van der Waals surface area contributed by atoms with Gasteiger partial charge in [0, 0.05) is 16.4 Å². The smallest absolute Gasteiger partial charge is 0.277 e. The van der Waals surface area contributed by atoms with Crippen molar-refractivity contribution in [3.05, 3.63) is 77.0 Å². The summed E-state index contributed by atoms with van der Waals surface area (Å²) in [5, 5.41) is 4.00. The zero-order valence-corrected chi connectivity index (χ0v) is 16.2. The number of carbonyl (C=O) groups excluding carboxylic acids is 1. The van der Waals surface area contributed by atoms with Gasteiger partial charge in [0.2, 0.25) is 0 Å². The van der Waals surface area contributed by atoms with Gasteiger partial charge in [-0.3, -0.25) is 4.79 Å². The highest BCUT2D eigenvalue weighted by Gasteiger charge is 2.04. The second kappa shape index (κ2) is 9.05. The molecular formula is C20H18BrN3O3. The molecule has 0 spiro atoms. The van der Waals surface area contributed by atoms with Crippen molar-refractivity contribution in [1.82, 2.24) is 9.99 Å². The third-order valence-corrected chi connectivity index (χ3v) is 4.18. The molecule has 1 amide bonds. The predicted octanol–water partition coefficient (Wildman–Crippen LogP) is 3.78. The van der Waals surface area contributed by atoms with Crippen LogP contribution in [0.2, 0.25) is 0 Å². The number of rotatable bonds is 7. The van der Waals surface area contributed by atoms with E-state index in [2.05, 4.69) is 26.5 Å². The summed E-state index contributed by atoms with van der Waals surface area (Å²) in [6, 6.07) is 18.7. The molecule has 0 unspecified atom stereocenters. The van der Waals surface area contributed by atoms with Crippen LogP contribution in [0.15, 0.2) is 76.4 Å². The molecule has 0 aliphatic heterocycles. The number of hydrogen-bond donors (Lipinski definition) is 1. The van der Waals surface area contributed by atoms with E-state index in [4.69, 9.17) is 9.47 Å². The van der Waals surface area contributed by atoms with Gasteiger partial charge in [-0.15, -0.1) is 0 Å². The molecule has 0 radical (unpaired) electrons. The van der Waals surface area contributed by atoms with Crippen LogP contribution in [0, 0.1) is 0 Å². The topological polar surface area (TPSA) is 64.8 Å². The number of benzene rings is 2. The van der Waals surface area contributed by atoms with Gasteiger partial charge in [0.1, 0.15) is 11.5 Å². The lowest BCUT2D eigenvalue weighted by atomic mass is 10.3. The Balaban J connectivity index is 1.54. The summed E-state index contributed by atoms with van der Waals surface area (Å²) < 4.78 is 13.4. The van der Waals surface area contributed by atoms with Crippen LogP contribution >= 0.6 is 15.9 Å². The molecule has 0 atom stereocenters. The quantitative estimate of drug-likeness (QED) is 0.460. The largest absolute Gasteiger partial charge is 0.497 e. The van der Waals surface area contributed by atoms with E-state index in [0.29, 0.717) is 5.75 Å². The van der Waals surface area contributed by atoms with E-state index in [1.165, 1.54) is 0 Å². The standard InChI is InChI=1S/C20H18BrN3O3/c1-26-18-7-9-19(10-8-18)27-14-20(25)23-22-13-17-6-3-11-24(17)16-5-2-4-15(21)12-16/h2-13H,14H2,1H3,(H,23,25)/b22-13+. The zero-order chi connectivity index (χ0) is 19.1. The second-order valence-corrected chi connectivity index (χ2v) is 6.46. The molecule has 6 nitrogen and oxygen atoms in total. The van der Waals surface area contributed by atoms with E-state index in [-0.39, 0.29) is 12.5 Å². The molecule has 0 bridgehead atoms. The highest BCUT2D eigenvalue weighted by Crippen LogP contribution is 2.18. The van der Waals surface area contributed by atoms with Gasteiger partial charge >= 0.3 is 0 Å². The first-order valence-corrected chi connectivity index (χ1v) is 8.97. The fraction of sp³-hybridized carbons (Fsp3) is 0.100. The van der Waals surface area contributed by atoms with Crippen molar-refractivity contribution in [3.63, 3.8) is 0 Å². The summed E-state index contributed by atoms with van der Waals surface area (Å²) in [7, 11) is 1.59. The van der Waals surface area contributed by atoms with Crippen molar-refractivity contribution in [2.75, 3.05) is 13.7 Å². The molecule has 138 valence electrons. The van der Waals surface area contributed by atoms with Gasteiger partial charge in [-0.05, 0) is 54.6 Å². The minimum absolute atomic E-state index is 0.129. The fourth-order valence-electron chi connectivity index (χ4n) is 2.38. The van der Waals surface area contributed by atoms with Gasteiger partial charge in [-0.2, -0.15) is 5.10 Å². The van der Waals surface area contributed by atoms with Crippen molar-refractivity contribution in [2.24, 2.45) is 5.10 Å². The molecular weight excluding hydrogens is 410 g/mol. The minimum atomic E-state index is -0.345. The van der Waals surface area contributed by atoms with Gasteiger partial charge in [0.25, 0.3) is 5.91 Å². The molecule has 27 heavy (non-hydrogen) atoms. The number of methoxy groups -OCH3 is 1. The normalized spacial score (nSPS) is 10.7. The summed E-state index contributed by atoms with van der Waals surface area (Å²) in [5.41, 5.74) is 4.29. The maximum absolute atomic E-state index is 11.9. The van der Waals surface area contributed by atoms with Crippen molar-refractivity contribution < 1.29 is 14.3 Å². The van der Waals surface area contributed by atoms with Crippen LogP contribution in [0.4, 0.5) is 0 Å². The Morgan fingerprint density at radius 1 is 1.15 bits per heavy atom. The molecule has 0 saturated carbocycles. The average molecular weight is 428 g/mol. The molecule has 3 rings (SSSR count). The van der Waals surface area contributed by atoms with Crippen molar-refractivity contribution in [1.29, 1.82) is 0 Å².